The van der Waals surface area contributed by atoms with Crippen LogP contribution >= 0.6 is 0 Å². The van der Waals surface area contributed by atoms with Crippen molar-refractivity contribution in [1.82, 2.24) is 0 Å². The molecular formula is C24H30F2O6. The van der Waals surface area contributed by atoms with E-state index >= 15 is 8.78 Å². The van der Waals surface area contributed by atoms with Gasteiger partial charge in [0.2, 0.25) is 5.60 Å². The number of aliphatic hydroxyl groups is 1. The Morgan fingerprint density at radius 3 is 2.53 bits per heavy atom. The maximum Gasteiger partial charge on any atom is 0.349 e. The predicted octanol–water partition coefficient (Wildman–Crippen LogP) is 3.68. The molecule has 0 radical (unpaired) electrons. The second kappa shape index (κ2) is 6.95. The first-order valence-corrected chi connectivity index (χ1v) is 11.2. The van der Waals surface area contributed by atoms with Crippen molar-refractivity contribution in [3.63, 3.8) is 0 Å². The van der Waals surface area contributed by atoms with Crippen molar-refractivity contribution in [3.05, 3.63) is 23.6 Å². The molecule has 0 aromatic rings. The SMILES string of the molecule is CCC(=O)O[C@]1(C(=O)O)[C@H](C)CC2C3CC(F)=C4CC(=O)C=C[C@]4(C)[C@@]3(F)[C@@H](O)C[C@@]21C. The summed E-state index contributed by atoms with van der Waals surface area (Å²) >= 11 is 0. The van der Waals surface area contributed by atoms with Crippen LogP contribution in [0.25, 0.3) is 0 Å². The molecule has 0 bridgehead atoms. The number of aliphatic carboxylic acids is 1. The zero-order chi connectivity index (χ0) is 23.9. The lowest BCUT2D eigenvalue weighted by atomic mass is 9.45. The number of esters is 1. The van der Waals surface area contributed by atoms with Crippen LogP contribution in [-0.4, -0.2) is 45.3 Å². The van der Waals surface area contributed by atoms with Crippen LogP contribution in [0, 0.1) is 28.6 Å². The van der Waals surface area contributed by atoms with Gasteiger partial charge in [0.15, 0.2) is 11.5 Å². The summed E-state index contributed by atoms with van der Waals surface area (Å²) in [4.78, 5) is 36.8. The number of allylic oxidation sites excluding steroid dienone is 4. The van der Waals surface area contributed by atoms with Gasteiger partial charge in [0.1, 0.15) is 5.83 Å². The number of hydrogen-bond donors (Lipinski definition) is 2. The number of ketones is 1. The number of fused-ring (bicyclic) bond motifs is 5. The van der Waals surface area contributed by atoms with Gasteiger partial charge in [-0.2, -0.15) is 0 Å². The fourth-order valence-electron chi connectivity index (χ4n) is 7.47. The van der Waals surface area contributed by atoms with Crippen LogP contribution in [0.4, 0.5) is 8.78 Å². The molecule has 0 aromatic carbocycles. The third-order valence-electron chi connectivity index (χ3n) is 9.08. The molecule has 2 N–H and O–H groups in total. The van der Waals surface area contributed by atoms with E-state index in [1.807, 2.05) is 0 Å². The van der Waals surface area contributed by atoms with E-state index in [4.69, 9.17) is 4.74 Å². The number of carboxylic acid groups (broad SMARTS) is 1. The van der Waals surface area contributed by atoms with E-state index in [9.17, 15) is 24.6 Å². The minimum absolute atomic E-state index is 0.0286. The van der Waals surface area contributed by atoms with Crippen molar-refractivity contribution < 1.29 is 38.1 Å². The summed E-state index contributed by atoms with van der Waals surface area (Å²) in [6.45, 7) is 6.32. The van der Waals surface area contributed by atoms with Gasteiger partial charge in [-0.25, -0.2) is 13.6 Å². The number of carbonyl (C=O) groups excluding carboxylic acids is 2. The molecule has 2 fully saturated rings. The summed E-state index contributed by atoms with van der Waals surface area (Å²) in [5.74, 6) is -5.28. The topological polar surface area (TPSA) is 101 Å². The lowest BCUT2D eigenvalue weighted by Gasteiger charge is -2.62. The highest BCUT2D eigenvalue weighted by molar-refractivity contribution is 5.93. The van der Waals surface area contributed by atoms with Gasteiger partial charge < -0.3 is 14.9 Å². The Balaban J connectivity index is 1.89. The van der Waals surface area contributed by atoms with E-state index in [1.165, 1.54) is 19.1 Å². The van der Waals surface area contributed by atoms with Crippen LogP contribution in [0.3, 0.4) is 0 Å². The minimum atomic E-state index is -2.29. The fourth-order valence-corrected chi connectivity index (χ4v) is 7.47. The summed E-state index contributed by atoms with van der Waals surface area (Å²) in [5.41, 5.74) is -7.01. The normalized spacial score (nSPS) is 47.5. The van der Waals surface area contributed by atoms with Crippen molar-refractivity contribution >= 4 is 17.7 Å². The number of carboxylic acids is 1. The Bertz CT molecular complexity index is 958. The monoisotopic (exact) mass is 452 g/mol. The highest BCUT2D eigenvalue weighted by atomic mass is 19.1. The summed E-state index contributed by atoms with van der Waals surface area (Å²) in [5, 5.41) is 21.5. The number of hydrogen-bond acceptors (Lipinski definition) is 5. The van der Waals surface area contributed by atoms with Gasteiger partial charge in [-0.3, -0.25) is 9.59 Å². The zero-order valence-corrected chi connectivity index (χ0v) is 18.8. The third kappa shape index (κ3) is 2.50. The Hall–Kier alpha value is -2.09. The average molecular weight is 452 g/mol. The quantitative estimate of drug-likeness (QED) is 0.634. The molecule has 6 nitrogen and oxygen atoms in total. The summed E-state index contributed by atoms with van der Waals surface area (Å²) in [6.07, 6.45) is 0.311. The molecule has 2 unspecified atom stereocenters. The van der Waals surface area contributed by atoms with Gasteiger partial charge >= 0.3 is 11.9 Å². The molecule has 8 atom stereocenters. The van der Waals surface area contributed by atoms with Gasteiger partial charge in [0.05, 0.1) is 6.10 Å². The van der Waals surface area contributed by atoms with Crippen LogP contribution in [0.15, 0.2) is 23.6 Å². The maximum atomic E-state index is 17.1. The number of rotatable bonds is 3. The van der Waals surface area contributed by atoms with Crippen LogP contribution < -0.4 is 0 Å². The lowest BCUT2D eigenvalue weighted by Crippen LogP contribution is -2.69. The summed E-state index contributed by atoms with van der Waals surface area (Å²) in [7, 11) is 0. The Kier molecular flexibility index (Phi) is 5.02. The Morgan fingerprint density at radius 2 is 1.94 bits per heavy atom. The van der Waals surface area contributed by atoms with Gasteiger partial charge in [-0.1, -0.05) is 26.8 Å². The maximum absolute atomic E-state index is 17.1. The molecule has 0 aromatic heterocycles. The fraction of sp³-hybridized carbons (Fsp3) is 0.708. The first-order chi connectivity index (χ1) is 14.8. The highest BCUT2D eigenvalue weighted by Crippen LogP contribution is 2.71. The van der Waals surface area contributed by atoms with Gasteiger partial charge in [-0.15, -0.1) is 0 Å². The standard InChI is InChI=1S/C24H30F2O6/c1-5-19(29)32-24(20(30)31)12(2)8-14-15-10-17(25)16-9-13(27)6-7-21(16,3)23(15,26)18(28)11-22(14,24)4/h6-7,12,14-15,18,28H,5,8-11H2,1-4H3,(H,30,31)/t12-,14?,15?,18+,21+,22+,23+,24+/m1/s1. The van der Waals surface area contributed by atoms with Crippen LogP contribution in [0.1, 0.15) is 59.8 Å². The highest BCUT2D eigenvalue weighted by Gasteiger charge is 2.78. The second-order valence-electron chi connectivity index (χ2n) is 10.4. The molecule has 0 heterocycles. The molecule has 0 saturated heterocycles. The van der Waals surface area contributed by atoms with Crippen LogP contribution in [0.5, 0.6) is 0 Å². The Labute approximate surface area is 185 Å². The smallest absolute Gasteiger partial charge is 0.349 e. The molecule has 4 aliphatic rings. The molecule has 8 heteroatoms. The molecule has 0 amide bonds. The van der Waals surface area contributed by atoms with Crippen molar-refractivity contribution in [2.45, 2.75) is 77.2 Å². The zero-order valence-electron chi connectivity index (χ0n) is 18.8. The number of ether oxygens (including phenoxy) is 1. The first-order valence-electron chi connectivity index (χ1n) is 11.2. The third-order valence-corrected chi connectivity index (χ3v) is 9.08. The molecule has 176 valence electrons. The predicted molar refractivity (Wildman–Crippen MR) is 110 cm³/mol. The molecule has 0 aliphatic heterocycles. The Morgan fingerprint density at radius 1 is 1.28 bits per heavy atom. The van der Waals surface area contributed by atoms with E-state index in [-0.39, 0.29) is 43.5 Å². The van der Waals surface area contributed by atoms with E-state index in [2.05, 4.69) is 0 Å². The molecule has 0 spiro atoms. The lowest BCUT2D eigenvalue weighted by molar-refractivity contribution is -0.232. The molecular weight excluding hydrogens is 422 g/mol. The average Bonchev–Trinajstić information content (AvgIpc) is 2.93. The largest absolute Gasteiger partial charge is 0.478 e. The van der Waals surface area contributed by atoms with E-state index in [1.54, 1.807) is 20.8 Å². The van der Waals surface area contributed by atoms with E-state index < -0.39 is 63.7 Å². The number of carbonyl (C=O) groups is 3. The van der Waals surface area contributed by atoms with Gasteiger partial charge in [0.25, 0.3) is 0 Å². The number of aliphatic hydroxyl groups excluding tert-OH is 1. The first kappa shape index (κ1) is 23.1. The summed E-state index contributed by atoms with van der Waals surface area (Å²) < 4.78 is 38.0. The van der Waals surface area contributed by atoms with Crippen molar-refractivity contribution in [1.29, 1.82) is 0 Å². The minimum Gasteiger partial charge on any atom is -0.478 e. The number of halogens is 2. The van der Waals surface area contributed by atoms with Crippen molar-refractivity contribution in [2.75, 3.05) is 0 Å². The molecule has 2 saturated carbocycles. The second-order valence-corrected chi connectivity index (χ2v) is 10.4. The van der Waals surface area contributed by atoms with Gasteiger partial charge in [-0.05, 0) is 37.3 Å². The number of alkyl halides is 1. The van der Waals surface area contributed by atoms with Crippen LogP contribution in [-0.2, 0) is 19.1 Å². The van der Waals surface area contributed by atoms with Crippen LogP contribution in [0.2, 0.25) is 0 Å². The molecule has 4 aliphatic carbocycles. The van der Waals surface area contributed by atoms with Crippen molar-refractivity contribution in [3.8, 4) is 0 Å². The van der Waals surface area contributed by atoms with E-state index in [0.29, 0.717) is 0 Å². The summed E-state index contributed by atoms with van der Waals surface area (Å²) in [6, 6.07) is 0. The van der Waals surface area contributed by atoms with Gasteiger partial charge in [0, 0.05) is 41.9 Å². The van der Waals surface area contributed by atoms with Crippen molar-refractivity contribution in [2.24, 2.45) is 28.6 Å². The molecule has 32 heavy (non-hydrogen) atoms. The molecule has 4 rings (SSSR count). The van der Waals surface area contributed by atoms with E-state index in [0.717, 1.165) is 0 Å².